The number of fused-ring (bicyclic) bond motifs is 2. The number of nitrogens with one attached hydrogen (secondary N) is 1. The summed E-state index contributed by atoms with van der Waals surface area (Å²) in [5, 5.41) is 3.35. The van der Waals surface area contributed by atoms with Crippen LogP contribution in [-0.4, -0.2) is 18.4 Å². The molecule has 0 saturated heterocycles. The smallest absolute Gasteiger partial charge is 0.336 e. The van der Waals surface area contributed by atoms with E-state index in [1.165, 1.54) is 5.56 Å². The first-order valence-corrected chi connectivity index (χ1v) is 14.2. The number of ether oxygens (including phenoxy) is 2. The van der Waals surface area contributed by atoms with Crippen LogP contribution in [0.15, 0.2) is 77.5 Å². The highest BCUT2D eigenvalue weighted by Gasteiger charge is 2.43. The van der Waals surface area contributed by atoms with Gasteiger partial charge in [0, 0.05) is 28.3 Å². The van der Waals surface area contributed by atoms with Crippen LogP contribution in [0.3, 0.4) is 0 Å². The van der Waals surface area contributed by atoms with Crippen molar-refractivity contribution in [3.63, 3.8) is 0 Å². The molecule has 37 heavy (non-hydrogen) atoms. The van der Waals surface area contributed by atoms with Gasteiger partial charge in [0.15, 0.2) is 5.78 Å². The minimum Gasteiger partial charge on any atom is -0.487 e. The summed E-state index contributed by atoms with van der Waals surface area (Å²) in [5.74, 6) is -0.253. The van der Waals surface area contributed by atoms with E-state index in [1.807, 2.05) is 55.5 Å². The van der Waals surface area contributed by atoms with Crippen molar-refractivity contribution >= 4 is 62.6 Å². The van der Waals surface area contributed by atoms with Crippen LogP contribution in [0.25, 0.3) is 5.70 Å². The van der Waals surface area contributed by atoms with E-state index >= 15 is 0 Å². The fourth-order valence-electron chi connectivity index (χ4n) is 4.98. The Morgan fingerprint density at radius 2 is 1.68 bits per heavy atom. The van der Waals surface area contributed by atoms with Crippen molar-refractivity contribution in [3.8, 4) is 5.75 Å². The Balaban J connectivity index is 1.58. The molecule has 7 heteroatoms. The van der Waals surface area contributed by atoms with Gasteiger partial charge < -0.3 is 14.8 Å². The molecule has 1 heterocycles. The second-order valence-electron chi connectivity index (χ2n) is 9.07. The fourth-order valence-corrected chi connectivity index (χ4v) is 7.11. The molecular weight excluding hydrogens is 692 g/mol. The number of benzene rings is 3. The van der Waals surface area contributed by atoms with Crippen LogP contribution in [-0.2, 0) is 16.1 Å². The van der Waals surface area contributed by atoms with Crippen LogP contribution in [0.4, 0.5) is 0 Å². The third kappa shape index (κ3) is 4.83. The molecule has 2 aliphatic rings. The van der Waals surface area contributed by atoms with E-state index in [0.29, 0.717) is 29.0 Å². The average molecular weight is 717 g/mol. The van der Waals surface area contributed by atoms with Crippen LogP contribution in [0.1, 0.15) is 52.4 Å². The van der Waals surface area contributed by atoms with E-state index < -0.39 is 11.9 Å². The average Bonchev–Trinajstić information content (AvgIpc) is 3.14. The summed E-state index contributed by atoms with van der Waals surface area (Å²) in [6.45, 7) is 6.42. The molecule has 0 unspecified atom stereocenters. The number of hydrogen-bond acceptors (Lipinski definition) is 5. The standard InChI is InChI=1S/C30H25I2NO4/c1-4-36-30(35)24-17(3)33-27-20-10-5-6-11-21(20)28(34)26(27)25(24)19-13-22(31)29(23(32)14-19)37-15-18-9-7-8-16(2)12-18/h5-14,25,33H,4,15H2,1-3H3/t25-/m0/s1. The van der Waals surface area contributed by atoms with Crippen LogP contribution >= 0.6 is 45.2 Å². The van der Waals surface area contributed by atoms with Crippen molar-refractivity contribution in [2.75, 3.05) is 6.61 Å². The second-order valence-corrected chi connectivity index (χ2v) is 11.4. The predicted octanol–water partition coefficient (Wildman–Crippen LogP) is 6.91. The summed E-state index contributed by atoms with van der Waals surface area (Å²) in [6.07, 6.45) is 0. The van der Waals surface area contributed by atoms with Gasteiger partial charge in [-0.3, -0.25) is 4.79 Å². The van der Waals surface area contributed by atoms with Gasteiger partial charge in [-0.05, 0) is 89.2 Å². The number of aryl methyl sites for hydroxylation is 1. The Bertz CT molecular complexity index is 1480. The first kappa shape index (κ1) is 26.0. The molecule has 0 saturated carbocycles. The van der Waals surface area contributed by atoms with E-state index in [0.717, 1.165) is 35.3 Å². The lowest BCUT2D eigenvalue weighted by Crippen LogP contribution is -2.29. The van der Waals surface area contributed by atoms with Crippen molar-refractivity contribution in [1.29, 1.82) is 0 Å². The Hall–Kier alpha value is -2.66. The molecule has 0 radical (unpaired) electrons. The Morgan fingerprint density at radius 1 is 0.973 bits per heavy atom. The summed E-state index contributed by atoms with van der Waals surface area (Å²) in [5.41, 5.74) is 7.14. The molecule has 3 aromatic rings. The Morgan fingerprint density at radius 3 is 2.35 bits per heavy atom. The number of hydrogen-bond donors (Lipinski definition) is 1. The van der Waals surface area contributed by atoms with Gasteiger partial charge in [0.05, 0.1) is 25.0 Å². The molecule has 5 nitrogen and oxygen atoms in total. The third-order valence-corrected chi connectivity index (χ3v) is 8.17. The van der Waals surface area contributed by atoms with E-state index in [4.69, 9.17) is 9.47 Å². The van der Waals surface area contributed by atoms with Crippen LogP contribution in [0.5, 0.6) is 5.75 Å². The van der Waals surface area contributed by atoms with Gasteiger partial charge in [-0.1, -0.05) is 54.1 Å². The quantitative estimate of drug-likeness (QED) is 0.222. The minimum atomic E-state index is -0.553. The largest absolute Gasteiger partial charge is 0.487 e. The van der Waals surface area contributed by atoms with Crippen molar-refractivity contribution in [2.24, 2.45) is 0 Å². The monoisotopic (exact) mass is 717 g/mol. The maximum Gasteiger partial charge on any atom is 0.336 e. The topological polar surface area (TPSA) is 64.6 Å². The molecule has 0 aromatic heterocycles. The van der Waals surface area contributed by atoms with E-state index in [-0.39, 0.29) is 12.4 Å². The second kappa shape index (κ2) is 10.6. The molecule has 1 aliphatic carbocycles. The van der Waals surface area contributed by atoms with Crippen molar-refractivity contribution in [3.05, 3.63) is 112 Å². The van der Waals surface area contributed by atoms with Gasteiger partial charge in [0.2, 0.25) is 0 Å². The number of carbonyl (C=O) groups is 2. The van der Waals surface area contributed by atoms with Crippen molar-refractivity contribution < 1.29 is 19.1 Å². The highest BCUT2D eigenvalue weighted by molar-refractivity contribution is 14.1. The number of halogens is 2. The molecule has 188 valence electrons. The number of dihydropyridines is 1. The first-order chi connectivity index (χ1) is 17.8. The van der Waals surface area contributed by atoms with Crippen molar-refractivity contribution in [2.45, 2.75) is 33.3 Å². The molecule has 0 spiro atoms. The zero-order valence-corrected chi connectivity index (χ0v) is 25.0. The first-order valence-electron chi connectivity index (χ1n) is 12.0. The minimum absolute atomic E-state index is 0.0674. The molecule has 0 fully saturated rings. The zero-order chi connectivity index (χ0) is 26.3. The van der Waals surface area contributed by atoms with Gasteiger partial charge in [-0.2, -0.15) is 0 Å². The zero-order valence-electron chi connectivity index (χ0n) is 20.7. The maximum absolute atomic E-state index is 13.7. The number of Topliss-reactive ketones (excluding diaryl/α,β-unsaturated/α-hetero) is 1. The lowest BCUT2D eigenvalue weighted by molar-refractivity contribution is -0.138. The Kier molecular flexibility index (Phi) is 7.44. The van der Waals surface area contributed by atoms with Gasteiger partial charge in [-0.25, -0.2) is 4.79 Å². The highest BCUT2D eigenvalue weighted by Crippen LogP contribution is 2.48. The normalized spacial score (nSPS) is 16.4. The van der Waals surface area contributed by atoms with Crippen molar-refractivity contribution in [1.82, 2.24) is 5.32 Å². The highest BCUT2D eigenvalue weighted by atomic mass is 127. The molecule has 3 aromatic carbocycles. The molecular formula is C30H25I2NO4. The number of carbonyl (C=O) groups excluding carboxylic acids is 2. The molecule has 1 N–H and O–H groups in total. The predicted molar refractivity (Wildman–Crippen MR) is 160 cm³/mol. The maximum atomic E-state index is 13.7. The molecule has 1 aliphatic heterocycles. The van der Waals surface area contributed by atoms with E-state index in [1.54, 1.807) is 6.92 Å². The SMILES string of the molecule is CCOC(=O)C1=C(C)NC2=C(C(=O)c3ccccc32)[C@H]1c1cc(I)c(OCc2cccc(C)c2)c(I)c1. The molecule has 0 amide bonds. The number of esters is 1. The third-order valence-electron chi connectivity index (χ3n) is 6.56. The van der Waals surface area contributed by atoms with E-state index in [2.05, 4.69) is 69.6 Å². The van der Waals surface area contributed by atoms with Gasteiger partial charge >= 0.3 is 5.97 Å². The number of ketones is 1. The van der Waals surface area contributed by atoms with Gasteiger partial charge in [0.25, 0.3) is 0 Å². The summed E-state index contributed by atoms with van der Waals surface area (Å²) in [7, 11) is 0. The molecule has 1 atom stereocenters. The Labute approximate surface area is 243 Å². The van der Waals surface area contributed by atoms with Crippen LogP contribution in [0, 0.1) is 14.1 Å². The summed E-state index contributed by atoms with van der Waals surface area (Å²) in [4.78, 5) is 26.9. The molecule has 0 bridgehead atoms. The molecule has 5 rings (SSSR count). The lowest BCUT2D eigenvalue weighted by atomic mass is 9.80. The summed E-state index contributed by atoms with van der Waals surface area (Å²) in [6, 6.07) is 19.8. The van der Waals surface area contributed by atoms with Gasteiger partial charge in [0.1, 0.15) is 12.4 Å². The number of rotatable bonds is 6. The fraction of sp³-hybridized carbons (Fsp3) is 0.200. The van der Waals surface area contributed by atoms with E-state index in [9.17, 15) is 9.59 Å². The van der Waals surface area contributed by atoms with Crippen LogP contribution in [0.2, 0.25) is 0 Å². The van der Waals surface area contributed by atoms with Crippen LogP contribution < -0.4 is 10.1 Å². The summed E-state index contributed by atoms with van der Waals surface area (Å²) >= 11 is 4.54. The lowest BCUT2D eigenvalue weighted by Gasteiger charge is -2.29. The summed E-state index contributed by atoms with van der Waals surface area (Å²) < 4.78 is 13.5. The van der Waals surface area contributed by atoms with Gasteiger partial charge in [-0.15, -0.1) is 0 Å². The number of allylic oxidation sites excluding steroid dienone is 2.